The molecule has 2 atom stereocenters. The van der Waals surface area contributed by atoms with Crippen LogP contribution < -0.4 is 5.19 Å². The average molecular weight is 578 g/mol. The van der Waals surface area contributed by atoms with Gasteiger partial charge in [-0.05, 0) is 72.9 Å². The van der Waals surface area contributed by atoms with Crippen molar-refractivity contribution in [2.24, 2.45) is 0 Å². The lowest BCUT2D eigenvalue weighted by Crippen LogP contribution is -2.35. The summed E-state index contributed by atoms with van der Waals surface area (Å²) in [6.07, 6.45) is 6.84. The molecule has 0 aromatic heterocycles. The molecule has 6 heteroatoms. The predicted octanol–water partition coefficient (Wildman–Crippen LogP) is 7.48. The molecule has 4 rings (SSSR count). The van der Waals surface area contributed by atoms with Crippen molar-refractivity contribution < 1.29 is 18.9 Å². The minimum absolute atomic E-state index is 0.00222. The van der Waals surface area contributed by atoms with Crippen molar-refractivity contribution in [3.05, 3.63) is 64.1 Å². The van der Waals surface area contributed by atoms with Crippen LogP contribution in [0.25, 0.3) is 0 Å². The number of hydrogen-bond donors (Lipinski definition) is 0. The maximum absolute atomic E-state index is 5.85. The van der Waals surface area contributed by atoms with Crippen LogP contribution >= 0.6 is 15.9 Å². The molecule has 2 fully saturated rings. The molecule has 0 saturated carbocycles. The van der Waals surface area contributed by atoms with E-state index in [4.69, 9.17) is 18.9 Å². The van der Waals surface area contributed by atoms with Gasteiger partial charge in [-0.1, -0.05) is 85.2 Å². The summed E-state index contributed by atoms with van der Waals surface area (Å²) in [5.74, 6) is 0. The molecule has 0 N–H and O–H groups in total. The Hall–Kier alpha value is -1.02. The van der Waals surface area contributed by atoms with E-state index in [1.165, 1.54) is 30.4 Å². The molecular weight excluding hydrogens is 532 g/mol. The molecule has 2 saturated heterocycles. The Morgan fingerprint density at radius 1 is 0.722 bits per heavy atom. The van der Waals surface area contributed by atoms with E-state index in [-0.39, 0.29) is 12.6 Å². The second-order valence-corrected chi connectivity index (χ2v) is 15.9. The van der Waals surface area contributed by atoms with Crippen LogP contribution in [-0.4, -0.2) is 34.6 Å². The maximum atomic E-state index is 5.85. The van der Waals surface area contributed by atoms with Crippen LogP contribution in [0.3, 0.4) is 0 Å². The number of ether oxygens (including phenoxy) is 4. The zero-order chi connectivity index (χ0) is 25.8. The summed E-state index contributed by atoms with van der Waals surface area (Å²) in [6, 6.07) is 17.3. The third-order valence-corrected chi connectivity index (χ3v) is 11.4. The summed E-state index contributed by atoms with van der Waals surface area (Å²) in [5.41, 5.74) is 4.06. The minimum atomic E-state index is -0.873. The molecule has 0 bridgehead atoms. The van der Waals surface area contributed by atoms with E-state index in [9.17, 15) is 0 Å². The topological polar surface area (TPSA) is 36.9 Å². The van der Waals surface area contributed by atoms with E-state index >= 15 is 0 Å². The Labute approximate surface area is 228 Å². The fourth-order valence-corrected chi connectivity index (χ4v) is 9.00. The highest BCUT2D eigenvalue weighted by Gasteiger charge is 2.21. The van der Waals surface area contributed by atoms with Gasteiger partial charge in [-0.25, -0.2) is 0 Å². The first-order valence-corrected chi connectivity index (χ1v) is 16.4. The molecule has 2 aliphatic heterocycles. The standard InChI is InChI=1S/C18H30O2Si.C12H15BrO2/c1-14(2)21(15(3)4)17-10-8-16(9-11-17)13-20-18-7-5-6-12-19-18;13-11-6-4-10(5-7-11)9-15-12-3-1-2-8-14-12/h8-11,14-15,18,21H,5-7,12-13H2,1-4H3;4-7,12H,1-3,8-9H2. The zero-order valence-electron chi connectivity index (χ0n) is 22.6. The Morgan fingerprint density at radius 2 is 1.17 bits per heavy atom. The van der Waals surface area contributed by atoms with Gasteiger partial charge in [-0.2, -0.15) is 0 Å². The number of rotatable bonds is 9. The summed E-state index contributed by atoms with van der Waals surface area (Å²) >= 11 is 3.41. The lowest BCUT2D eigenvalue weighted by atomic mass is 10.2. The van der Waals surface area contributed by atoms with Gasteiger partial charge in [0.15, 0.2) is 12.6 Å². The van der Waals surface area contributed by atoms with Gasteiger partial charge in [0, 0.05) is 17.7 Å². The van der Waals surface area contributed by atoms with Crippen LogP contribution in [0.2, 0.25) is 11.1 Å². The molecule has 0 spiro atoms. The number of benzene rings is 2. The monoisotopic (exact) mass is 576 g/mol. The fourth-order valence-electron chi connectivity index (χ4n) is 5.02. The van der Waals surface area contributed by atoms with Crippen molar-refractivity contribution in [1.29, 1.82) is 0 Å². The molecule has 2 aromatic rings. The second kappa shape index (κ2) is 16.1. The molecule has 0 amide bonds. The summed E-state index contributed by atoms with van der Waals surface area (Å²) in [4.78, 5) is 0. The van der Waals surface area contributed by atoms with Gasteiger partial charge in [-0.15, -0.1) is 0 Å². The number of hydrogen-bond acceptors (Lipinski definition) is 4. The smallest absolute Gasteiger partial charge is 0.158 e. The van der Waals surface area contributed by atoms with Crippen molar-refractivity contribution in [2.45, 2.75) is 103 Å². The van der Waals surface area contributed by atoms with Gasteiger partial charge < -0.3 is 18.9 Å². The van der Waals surface area contributed by atoms with Gasteiger partial charge in [0.25, 0.3) is 0 Å². The highest BCUT2D eigenvalue weighted by Crippen LogP contribution is 2.21. The molecule has 200 valence electrons. The van der Waals surface area contributed by atoms with Crippen LogP contribution in [0.5, 0.6) is 0 Å². The Bertz CT molecular complexity index is 836. The second-order valence-electron chi connectivity index (χ2n) is 10.6. The first kappa shape index (κ1) is 29.5. The van der Waals surface area contributed by atoms with Gasteiger partial charge >= 0.3 is 0 Å². The average Bonchev–Trinajstić information content (AvgIpc) is 2.89. The minimum Gasteiger partial charge on any atom is -0.353 e. The summed E-state index contributed by atoms with van der Waals surface area (Å²) < 4.78 is 23.7. The third kappa shape index (κ3) is 10.4. The van der Waals surface area contributed by atoms with Crippen LogP contribution in [0, 0.1) is 0 Å². The van der Waals surface area contributed by atoms with E-state index in [0.717, 1.165) is 48.0 Å². The fraction of sp³-hybridized carbons (Fsp3) is 0.600. The first-order valence-electron chi connectivity index (χ1n) is 13.7. The van der Waals surface area contributed by atoms with Gasteiger partial charge in [0.2, 0.25) is 0 Å². The highest BCUT2D eigenvalue weighted by molar-refractivity contribution is 9.10. The van der Waals surface area contributed by atoms with Crippen LogP contribution in [-0.2, 0) is 32.2 Å². The van der Waals surface area contributed by atoms with E-state index in [1.54, 1.807) is 5.19 Å². The van der Waals surface area contributed by atoms with Crippen molar-refractivity contribution in [1.82, 2.24) is 0 Å². The normalized spacial score (nSPS) is 20.4. The lowest BCUT2D eigenvalue weighted by molar-refractivity contribution is -0.169. The van der Waals surface area contributed by atoms with Crippen molar-refractivity contribution in [3.8, 4) is 0 Å². The largest absolute Gasteiger partial charge is 0.353 e. The zero-order valence-corrected chi connectivity index (χ0v) is 25.3. The Balaban J connectivity index is 0.000000212. The van der Waals surface area contributed by atoms with E-state index in [2.05, 4.69) is 80.0 Å². The van der Waals surface area contributed by atoms with Gasteiger partial charge in [0.05, 0.1) is 22.0 Å². The molecule has 2 aliphatic rings. The van der Waals surface area contributed by atoms with Crippen molar-refractivity contribution in [3.63, 3.8) is 0 Å². The third-order valence-electron chi connectivity index (χ3n) is 6.86. The maximum Gasteiger partial charge on any atom is 0.158 e. The molecule has 2 aromatic carbocycles. The number of halogens is 1. The van der Waals surface area contributed by atoms with Crippen LogP contribution in [0.15, 0.2) is 53.0 Å². The van der Waals surface area contributed by atoms with Crippen molar-refractivity contribution in [2.75, 3.05) is 13.2 Å². The van der Waals surface area contributed by atoms with Gasteiger partial charge in [-0.3, -0.25) is 0 Å². The van der Waals surface area contributed by atoms with Crippen LogP contribution in [0.1, 0.15) is 77.3 Å². The van der Waals surface area contributed by atoms with E-state index in [0.29, 0.717) is 13.2 Å². The molecule has 2 heterocycles. The quantitative estimate of drug-likeness (QED) is 0.290. The van der Waals surface area contributed by atoms with E-state index < -0.39 is 8.80 Å². The molecular formula is C30H45BrO4Si. The lowest BCUT2D eigenvalue weighted by Gasteiger charge is -2.24. The summed E-state index contributed by atoms with van der Waals surface area (Å²) in [6.45, 7) is 12.5. The highest BCUT2D eigenvalue weighted by atomic mass is 79.9. The molecule has 4 nitrogen and oxygen atoms in total. The van der Waals surface area contributed by atoms with Crippen LogP contribution in [0.4, 0.5) is 0 Å². The van der Waals surface area contributed by atoms with Crippen molar-refractivity contribution >= 4 is 29.9 Å². The summed E-state index contributed by atoms with van der Waals surface area (Å²) in [7, 11) is -0.873. The van der Waals surface area contributed by atoms with E-state index in [1.807, 2.05) is 12.1 Å². The molecule has 2 unspecified atom stereocenters. The van der Waals surface area contributed by atoms with Gasteiger partial charge in [0.1, 0.15) is 0 Å². The molecule has 0 aliphatic carbocycles. The first-order chi connectivity index (χ1) is 17.4. The summed E-state index contributed by atoms with van der Waals surface area (Å²) in [5, 5.41) is 1.58. The molecule has 36 heavy (non-hydrogen) atoms. The Kier molecular flexibility index (Phi) is 13.2. The SMILES string of the molecule is Brc1ccc(COC2CCCCO2)cc1.CC(C)[SiH](c1ccc(COC2CCCCO2)cc1)C(C)C. The molecule has 0 radical (unpaired) electrons. The Morgan fingerprint density at radius 3 is 1.56 bits per heavy atom. The predicted molar refractivity (Wildman–Crippen MR) is 154 cm³/mol.